The first kappa shape index (κ1) is 20.0. The largest absolute Gasteiger partial charge is 0.490 e. The van der Waals surface area contributed by atoms with Crippen molar-refractivity contribution in [3.8, 4) is 5.75 Å². The Bertz CT molecular complexity index is 643. The van der Waals surface area contributed by atoms with Crippen LogP contribution in [0.1, 0.15) is 50.3 Å². The van der Waals surface area contributed by atoms with Gasteiger partial charge < -0.3 is 15.2 Å². The van der Waals surface area contributed by atoms with Gasteiger partial charge in [0, 0.05) is 16.5 Å². The molecular formula is C21H29BrNO2+. The molecule has 2 aromatic carbocycles. The number of ether oxygens (including phenoxy) is 1. The summed E-state index contributed by atoms with van der Waals surface area (Å²) < 4.78 is 6.96. The maximum Gasteiger partial charge on any atom is 0.137 e. The Morgan fingerprint density at radius 3 is 2.40 bits per heavy atom. The molecular weight excluding hydrogens is 378 g/mol. The van der Waals surface area contributed by atoms with Crippen molar-refractivity contribution in [2.24, 2.45) is 0 Å². The van der Waals surface area contributed by atoms with E-state index in [1.807, 2.05) is 18.2 Å². The molecule has 2 aromatic rings. The first-order valence-corrected chi connectivity index (χ1v) is 9.79. The Hall–Kier alpha value is -1.36. The second-order valence-corrected chi connectivity index (χ2v) is 7.61. The van der Waals surface area contributed by atoms with Crippen LogP contribution in [-0.4, -0.2) is 24.4 Å². The van der Waals surface area contributed by atoms with Crippen molar-refractivity contribution in [3.05, 3.63) is 64.1 Å². The number of nitrogens with two attached hydrogens (primary N) is 1. The molecule has 2 rings (SSSR count). The highest BCUT2D eigenvalue weighted by molar-refractivity contribution is 9.10. The van der Waals surface area contributed by atoms with Gasteiger partial charge in [-0.25, -0.2) is 0 Å². The third kappa shape index (κ3) is 6.14. The highest BCUT2D eigenvalue weighted by atomic mass is 79.9. The van der Waals surface area contributed by atoms with E-state index in [4.69, 9.17) is 4.74 Å². The van der Waals surface area contributed by atoms with E-state index in [0.29, 0.717) is 25.1 Å². The Kier molecular flexibility index (Phi) is 7.94. The van der Waals surface area contributed by atoms with Crippen LogP contribution in [0.15, 0.2) is 53.0 Å². The molecule has 0 unspecified atom stereocenters. The van der Waals surface area contributed by atoms with Crippen molar-refractivity contribution in [2.45, 2.75) is 45.3 Å². The molecule has 0 saturated heterocycles. The number of halogens is 1. The molecule has 0 aliphatic carbocycles. The fraction of sp³-hybridized carbons (Fsp3) is 0.429. The molecule has 0 aliphatic rings. The number of rotatable bonds is 9. The zero-order valence-electron chi connectivity index (χ0n) is 15.3. The van der Waals surface area contributed by atoms with Crippen LogP contribution in [0.25, 0.3) is 0 Å². The van der Waals surface area contributed by atoms with Crippen LogP contribution in [0.4, 0.5) is 0 Å². The number of hydrogen-bond donors (Lipinski definition) is 2. The zero-order chi connectivity index (χ0) is 18.2. The summed E-state index contributed by atoms with van der Waals surface area (Å²) >= 11 is 3.47. The summed E-state index contributed by atoms with van der Waals surface area (Å²) in [6.45, 7) is 7.41. The van der Waals surface area contributed by atoms with Gasteiger partial charge in [-0.2, -0.15) is 0 Å². The van der Waals surface area contributed by atoms with Crippen LogP contribution in [0.2, 0.25) is 0 Å². The van der Waals surface area contributed by atoms with Crippen molar-refractivity contribution in [1.82, 2.24) is 0 Å². The summed E-state index contributed by atoms with van der Waals surface area (Å²) in [6, 6.07) is 16.8. The number of hydrogen-bond acceptors (Lipinski definition) is 2. The van der Waals surface area contributed by atoms with Crippen LogP contribution >= 0.6 is 15.9 Å². The van der Waals surface area contributed by atoms with Crippen LogP contribution in [0.3, 0.4) is 0 Å². The fourth-order valence-electron chi connectivity index (χ4n) is 2.91. The number of quaternary nitrogens is 1. The second-order valence-electron chi connectivity index (χ2n) is 6.70. The zero-order valence-corrected chi connectivity index (χ0v) is 16.9. The molecule has 136 valence electrons. The van der Waals surface area contributed by atoms with Gasteiger partial charge >= 0.3 is 0 Å². The van der Waals surface area contributed by atoms with Crippen molar-refractivity contribution in [2.75, 3.05) is 13.2 Å². The molecule has 0 heterocycles. The summed E-state index contributed by atoms with van der Waals surface area (Å²) in [5, 5.41) is 12.5. The third-order valence-electron chi connectivity index (χ3n) is 4.40. The molecule has 0 amide bonds. The van der Waals surface area contributed by atoms with Gasteiger partial charge in [0.15, 0.2) is 0 Å². The highest BCUT2D eigenvalue weighted by Crippen LogP contribution is 2.25. The molecule has 0 fully saturated rings. The minimum Gasteiger partial charge on any atom is -0.490 e. The van der Waals surface area contributed by atoms with Crippen molar-refractivity contribution >= 4 is 15.9 Å². The third-order valence-corrected chi connectivity index (χ3v) is 4.93. The van der Waals surface area contributed by atoms with Crippen molar-refractivity contribution in [3.63, 3.8) is 0 Å². The first-order chi connectivity index (χ1) is 12.0. The molecule has 0 aromatic heterocycles. The lowest BCUT2D eigenvalue weighted by molar-refractivity contribution is -0.701. The maximum absolute atomic E-state index is 10.3. The molecule has 3 nitrogen and oxygen atoms in total. The molecule has 4 heteroatoms. The summed E-state index contributed by atoms with van der Waals surface area (Å²) in [4.78, 5) is 0. The Labute approximate surface area is 159 Å². The van der Waals surface area contributed by atoms with Gasteiger partial charge in [0.2, 0.25) is 0 Å². The summed E-state index contributed by atoms with van der Waals surface area (Å²) in [7, 11) is 0. The Morgan fingerprint density at radius 1 is 1.08 bits per heavy atom. The van der Waals surface area contributed by atoms with Gasteiger partial charge in [-0.3, -0.25) is 0 Å². The molecule has 2 atom stereocenters. The molecule has 0 bridgehead atoms. The molecule has 0 aliphatic heterocycles. The standard InChI is InChI=1S/C21H28BrNO2/c1-4-20(16-9-11-17(22)12-10-16)23-13-18(24)14-25-21-8-6-5-7-19(21)15(2)3/h5-12,15,18,20,23-24H,4,13-14H2,1-3H3/p+1/t18-,20+/m0/s1. The van der Waals surface area contributed by atoms with Gasteiger partial charge in [0.25, 0.3) is 0 Å². The van der Waals surface area contributed by atoms with Gasteiger partial charge in [-0.15, -0.1) is 0 Å². The van der Waals surface area contributed by atoms with Gasteiger partial charge in [-0.05, 0) is 29.7 Å². The maximum atomic E-state index is 10.3. The quantitative estimate of drug-likeness (QED) is 0.660. The van der Waals surface area contributed by atoms with E-state index >= 15 is 0 Å². The van der Waals surface area contributed by atoms with Gasteiger partial charge in [0.1, 0.15) is 31.0 Å². The number of aliphatic hydroxyl groups excluding tert-OH is 1. The number of aliphatic hydroxyl groups is 1. The van der Waals surface area contributed by atoms with Crippen LogP contribution in [0, 0.1) is 0 Å². The summed E-state index contributed by atoms with van der Waals surface area (Å²) in [5.74, 6) is 1.28. The molecule has 0 spiro atoms. The van der Waals surface area contributed by atoms with Crippen molar-refractivity contribution in [1.29, 1.82) is 0 Å². The average molecular weight is 407 g/mol. The lowest BCUT2D eigenvalue weighted by atomic mass is 10.0. The first-order valence-electron chi connectivity index (χ1n) is 8.99. The van der Waals surface area contributed by atoms with E-state index in [1.54, 1.807) is 0 Å². The smallest absolute Gasteiger partial charge is 0.137 e. The van der Waals surface area contributed by atoms with Crippen LogP contribution < -0.4 is 10.1 Å². The fourth-order valence-corrected chi connectivity index (χ4v) is 3.18. The second kappa shape index (κ2) is 9.95. The number of benzene rings is 2. The monoisotopic (exact) mass is 406 g/mol. The number of para-hydroxylation sites is 1. The Balaban J connectivity index is 1.85. The van der Waals surface area contributed by atoms with E-state index < -0.39 is 6.10 Å². The topological polar surface area (TPSA) is 46.1 Å². The lowest BCUT2D eigenvalue weighted by Gasteiger charge is -2.19. The van der Waals surface area contributed by atoms with Crippen LogP contribution in [0.5, 0.6) is 5.75 Å². The van der Waals surface area contributed by atoms with Crippen molar-refractivity contribution < 1.29 is 15.2 Å². The predicted molar refractivity (Wildman–Crippen MR) is 106 cm³/mol. The van der Waals surface area contributed by atoms with E-state index in [0.717, 1.165) is 16.6 Å². The normalized spacial score (nSPS) is 13.7. The molecule has 25 heavy (non-hydrogen) atoms. The minimum absolute atomic E-state index is 0.316. The summed E-state index contributed by atoms with van der Waals surface area (Å²) in [6.07, 6.45) is 0.524. The van der Waals surface area contributed by atoms with E-state index in [-0.39, 0.29) is 0 Å². The molecule has 0 saturated carbocycles. The van der Waals surface area contributed by atoms with Gasteiger partial charge in [-0.1, -0.05) is 67.0 Å². The SMILES string of the molecule is CC[C@@H]([NH2+]C[C@H](O)COc1ccccc1C(C)C)c1ccc(Br)cc1. The average Bonchev–Trinajstić information content (AvgIpc) is 2.62. The molecule has 3 N–H and O–H groups in total. The van der Waals surface area contributed by atoms with Gasteiger partial charge in [0.05, 0.1) is 0 Å². The van der Waals surface area contributed by atoms with E-state index in [2.05, 4.69) is 72.3 Å². The lowest BCUT2D eigenvalue weighted by Crippen LogP contribution is -2.87. The predicted octanol–water partition coefficient (Wildman–Crippen LogP) is 4.03. The highest BCUT2D eigenvalue weighted by Gasteiger charge is 2.16. The van der Waals surface area contributed by atoms with E-state index in [9.17, 15) is 5.11 Å². The molecule has 0 radical (unpaired) electrons. The minimum atomic E-state index is -0.496. The van der Waals surface area contributed by atoms with Crippen LogP contribution in [-0.2, 0) is 0 Å². The van der Waals surface area contributed by atoms with E-state index in [1.165, 1.54) is 11.1 Å². The Morgan fingerprint density at radius 2 is 1.76 bits per heavy atom. The summed E-state index contributed by atoms with van der Waals surface area (Å²) in [5.41, 5.74) is 2.46.